The van der Waals surface area contributed by atoms with Crippen molar-refractivity contribution in [2.75, 3.05) is 13.1 Å². The molecule has 0 amide bonds. The van der Waals surface area contributed by atoms with Gasteiger partial charge in [-0.25, -0.2) is 0 Å². The third-order valence-corrected chi connectivity index (χ3v) is 4.56. The minimum absolute atomic E-state index is 0.00588. The molecular weight excluding hydrogens is 238 g/mol. The highest BCUT2D eigenvalue weighted by Crippen LogP contribution is 2.34. The second-order valence-corrected chi connectivity index (χ2v) is 5.97. The second-order valence-electron chi connectivity index (χ2n) is 4.43. The molecule has 0 aliphatic carbocycles. The van der Waals surface area contributed by atoms with Gasteiger partial charge in [0.25, 0.3) is 10.1 Å². The van der Waals surface area contributed by atoms with Crippen LogP contribution < -0.4 is 5.32 Å². The SMILES string of the molecule is O=S(=O)(O)C(c1ccccc1)C1CCNCC1. The van der Waals surface area contributed by atoms with E-state index >= 15 is 0 Å². The zero-order valence-electron chi connectivity index (χ0n) is 9.54. The Morgan fingerprint density at radius 3 is 2.29 bits per heavy atom. The lowest BCUT2D eigenvalue weighted by Gasteiger charge is -2.28. The molecule has 1 fully saturated rings. The summed E-state index contributed by atoms with van der Waals surface area (Å²) in [5, 5.41) is 2.41. The van der Waals surface area contributed by atoms with Crippen LogP contribution in [0.3, 0.4) is 0 Å². The Morgan fingerprint density at radius 1 is 1.18 bits per heavy atom. The van der Waals surface area contributed by atoms with Crippen LogP contribution in [0.1, 0.15) is 23.7 Å². The lowest BCUT2D eigenvalue weighted by molar-refractivity contribution is 0.342. The Bertz CT molecular complexity index is 452. The van der Waals surface area contributed by atoms with Crippen LogP contribution in [-0.4, -0.2) is 26.1 Å². The van der Waals surface area contributed by atoms with Gasteiger partial charge in [0.1, 0.15) is 5.25 Å². The number of piperidine rings is 1. The molecule has 1 aliphatic rings. The van der Waals surface area contributed by atoms with Gasteiger partial charge in [-0.05, 0) is 37.4 Å². The molecule has 17 heavy (non-hydrogen) atoms. The number of nitrogens with one attached hydrogen (secondary N) is 1. The first-order valence-electron chi connectivity index (χ1n) is 5.81. The van der Waals surface area contributed by atoms with Crippen LogP contribution in [0.2, 0.25) is 0 Å². The average Bonchev–Trinajstić information content (AvgIpc) is 2.30. The van der Waals surface area contributed by atoms with Gasteiger partial charge in [0.15, 0.2) is 0 Å². The van der Waals surface area contributed by atoms with Gasteiger partial charge < -0.3 is 5.32 Å². The first-order chi connectivity index (χ1) is 8.09. The number of hydrogen-bond acceptors (Lipinski definition) is 3. The van der Waals surface area contributed by atoms with Gasteiger partial charge in [0, 0.05) is 0 Å². The fourth-order valence-corrected chi connectivity index (χ4v) is 3.74. The van der Waals surface area contributed by atoms with Crippen LogP contribution in [0.25, 0.3) is 0 Å². The maximum atomic E-state index is 11.6. The zero-order valence-corrected chi connectivity index (χ0v) is 10.4. The minimum Gasteiger partial charge on any atom is -0.317 e. The molecule has 1 aliphatic heterocycles. The fourth-order valence-electron chi connectivity index (χ4n) is 2.48. The Labute approximate surface area is 102 Å². The molecule has 94 valence electrons. The van der Waals surface area contributed by atoms with Crippen LogP contribution in [0.5, 0.6) is 0 Å². The third-order valence-electron chi connectivity index (χ3n) is 3.26. The molecule has 1 heterocycles. The fraction of sp³-hybridized carbons (Fsp3) is 0.500. The molecule has 0 spiro atoms. The second kappa shape index (κ2) is 5.16. The smallest absolute Gasteiger partial charge is 0.272 e. The highest BCUT2D eigenvalue weighted by molar-refractivity contribution is 7.86. The summed E-state index contributed by atoms with van der Waals surface area (Å²) in [7, 11) is -4.05. The molecule has 1 saturated heterocycles. The molecule has 0 bridgehead atoms. The van der Waals surface area contributed by atoms with E-state index in [9.17, 15) is 13.0 Å². The van der Waals surface area contributed by atoms with Crippen molar-refractivity contribution in [2.24, 2.45) is 5.92 Å². The maximum absolute atomic E-state index is 11.6. The van der Waals surface area contributed by atoms with Gasteiger partial charge in [-0.15, -0.1) is 0 Å². The van der Waals surface area contributed by atoms with E-state index < -0.39 is 15.4 Å². The first kappa shape index (κ1) is 12.5. The first-order valence-corrected chi connectivity index (χ1v) is 7.31. The van der Waals surface area contributed by atoms with Gasteiger partial charge in [-0.2, -0.15) is 8.42 Å². The van der Waals surface area contributed by atoms with E-state index in [0.717, 1.165) is 25.9 Å². The Morgan fingerprint density at radius 2 is 1.76 bits per heavy atom. The summed E-state index contributed by atoms with van der Waals surface area (Å²) in [5.74, 6) is -0.00588. The maximum Gasteiger partial charge on any atom is 0.272 e. The molecule has 1 unspecified atom stereocenters. The average molecular weight is 255 g/mol. The zero-order chi connectivity index (χ0) is 12.3. The van der Waals surface area contributed by atoms with E-state index in [4.69, 9.17) is 0 Å². The molecule has 0 saturated carbocycles. The van der Waals surface area contributed by atoms with Crippen molar-refractivity contribution >= 4 is 10.1 Å². The van der Waals surface area contributed by atoms with E-state index in [1.165, 1.54) is 0 Å². The van der Waals surface area contributed by atoms with Crippen LogP contribution >= 0.6 is 0 Å². The van der Waals surface area contributed by atoms with Crippen molar-refractivity contribution in [3.63, 3.8) is 0 Å². The summed E-state index contributed by atoms with van der Waals surface area (Å²) in [6.07, 6.45) is 1.55. The van der Waals surface area contributed by atoms with E-state index in [1.807, 2.05) is 6.07 Å². The summed E-state index contributed by atoms with van der Waals surface area (Å²) < 4.78 is 32.6. The molecule has 1 aromatic carbocycles. The summed E-state index contributed by atoms with van der Waals surface area (Å²) >= 11 is 0. The van der Waals surface area contributed by atoms with E-state index in [0.29, 0.717) is 5.56 Å². The topological polar surface area (TPSA) is 66.4 Å². The molecule has 1 aromatic rings. The van der Waals surface area contributed by atoms with Gasteiger partial charge in [-0.3, -0.25) is 4.55 Å². The monoisotopic (exact) mass is 255 g/mol. The van der Waals surface area contributed by atoms with Gasteiger partial charge in [-0.1, -0.05) is 30.3 Å². The summed E-state index contributed by atoms with van der Waals surface area (Å²) in [6.45, 7) is 1.62. The summed E-state index contributed by atoms with van der Waals surface area (Å²) in [4.78, 5) is 0. The Hall–Kier alpha value is -0.910. The van der Waals surface area contributed by atoms with Crippen molar-refractivity contribution in [2.45, 2.75) is 18.1 Å². The van der Waals surface area contributed by atoms with Crippen LogP contribution in [-0.2, 0) is 10.1 Å². The molecule has 1 atom stereocenters. The molecule has 4 nitrogen and oxygen atoms in total. The number of rotatable bonds is 3. The standard InChI is InChI=1S/C12H17NO3S/c14-17(15,16)12(10-4-2-1-3-5-10)11-6-8-13-9-7-11/h1-5,11-13H,6-9H2,(H,14,15,16). The number of hydrogen-bond donors (Lipinski definition) is 2. The highest BCUT2D eigenvalue weighted by Gasteiger charge is 2.34. The third kappa shape index (κ3) is 3.06. The quantitative estimate of drug-likeness (QED) is 0.805. The molecular formula is C12H17NO3S. The predicted octanol–water partition coefficient (Wildman–Crippen LogP) is 1.62. The number of benzene rings is 1. The molecule has 2 rings (SSSR count). The van der Waals surface area contributed by atoms with Gasteiger partial charge >= 0.3 is 0 Å². The molecule has 2 N–H and O–H groups in total. The van der Waals surface area contributed by atoms with E-state index in [-0.39, 0.29) is 5.92 Å². The van der Waals surface area contributed by atoms with Crippen molar-refractivity contribution in [3.8, 4) is 0 Å². The normalized spacial score (nSPS) is 20.1. The lowest BCUT2D eigenvalue weighted by Crippen LogP contribution is -2.33. The van der Waals surface area contributed by atoms with Gasteiger partial charge in [0.2, 0.25) is 0 Å². The minimum atomic E-state index is -4.05. The highest BCUT2D eigenvalue weighted by atomic mass is 32.2. The van der Waals surface area contributed by atoms with Crippen molar-refractivity contribution in [3.05, 3.63) is 35.9 Å². The molecule has 0 aromatic heterocycles. The molecule has 5 heteroatoms. The van der Waals surface area contributed by atoms with Crippen molar-refractivity contribution < 1.29 is 13.0 Å². The van der Waals surface area contributed by atoms with E-state index in [2.05, 4.69) is 5.32 Å². The van der Waals surface area contributed by atoms with Crippen LogP contribution in [0, 0.1) is 5.92 Å². The molecule has 0 radical (unpaired) electrons. The lowest BCUT2D eigenvalue weighted by atomic mass is 9.90. The Balaban J connectivity index is 2.32. The van der Waals surface area contributed by atoms with Crippen molar-refractivity contribution in [1.29, 1.82) is 0 Å². The van der Waals surface area contributed by atoms with Crippen molar-refractivity contribution in [1.82, 2.24) is 5.32 Å². The Kier molecular flexibility index (Phi) is 3.81. The largest absolute Gasteiger partial charge is 0.317 e. The summed E-state index contributed by atoms with van der Waals surface area (Å²) in [6, 6.07) is 8.97. The predicted molar refractivity (Wildman–Crippen MR) is 66.3 cm³/mol. The van der Waals surface area contributed by atoms with Gasteiger partial charge in [0.05, 0.1) is 0 Å². The summed E-state index contributed by atoms with van der Waals surface area (Å²) in [5.41, 5.74) is 0.682. The van der Waals surface area contributed by atoms with E-state index in [1.54, 1.807) is 24.3 Å². The van der Waals surface area contributed by atoms with Crippen LogP contribution in [0.15, 0.2) is 30.3 Å². The van der Waals surface area contributed by atoms with Crippen LogP contribution in [0.4, 0.5) is 0 Å².